The zero-order valence-electron chi connectivity index (χ0n) is 12.3. The molecule has 0 saturated carbocycles. The molecule has 128 valence electrons. The number of nitrogens with zero attached hydrogens (tertiary/aromatic N) is 3. The molecule has 3 rings (SSSR count). The van der Waals surface area contributed by atoms with Crippen LogP contribution in [0.4, 0.5) is 18.9 Å². The average molecular weight is 350 g/mol. The Morgan fingerprint density at radius 1 is 1.08 bits per heavy atom. The smallest absolute Gasteiger partial charge is 0.416 e. The van der Waals surface area contributed by atoms with E-state index in [2.05, 4.69) is 15.2 Å². The summed E-state index contributed by atoms with van der Waals surface area (Å²) in [6, 6.07) is 7.96. The third kappa shape index (κ3) is 3.27. The van der Waals surface area contributed by atoms with E-state index in [1.54, 1.807) is 0 Å². The topological polar surface area (TPSA) is 105 Å². The molecule has 0 atom stereocenters. The standard InChI is InChI=1S/C15H9F3N4O3/c16-15(17,18)10-4-1-8(2-5-10)13-19-14(21-20-13)9-3-6-12(23)11(7-9)22(24)25/h1-7,23H,(H,19,20,21). The van der Waals surface area contributed by atoms with Crippen molar-refractivity contribution in [3.63, 3.8) is 0 Å². The molecular formula is C15H9F3N4O3. The predicted molar refractivity (Wildman–Crippen MR) is 80.6 cm³/mol. The molecule has 0 aliphatic heterocycles. The van der Waals surface area contributed by atoms with Crippen molar-refractivity contribution in [2.24, 2.45) is 0 Å². The van der Waals surface area contributed by atoms with Crippen LogP contribution in [-0.2, 0) is 6.18 Å². The van der Waals surface area contributed by atoms with Gasteiger partial charge < -0.3 is 5.11 Å². The van der Waals surface area contributed by atoms with E-state index in [1.165, 1.54) is 18.2 Å². The second-order valence-electron chi connectivity index (χ2n) is 5.04. The second kappa shape index (κ2) is 5.89. The number of phenols is 1. The van der Waals surface area contributed by atoms with Gasteiger partial charge in [0.15, 0.2) is 17.4 Å². The molecule has 0 spiro atoms. The Balaban J connectivity index is 1.93. The van der Waals surface area contributed by atoms with Gasteiger partial charge in [0.1, 0.15) is 0 Å². The number of H-pyrrole nitrogens is 1. The molecule has 0 radical (unpaired) electrons. The number of aromatic amines is 1. The summed E-state index contributed by atoms with van der Waals surface area (Å²) >= 11 is 0. The van der Waals surface area contributed by atoms with E-state index in [1.807, 2.05) is 0 Å². The zero-order chi connectivity index (χ0) is 18.2. The van der Waals surface area contributed by atoms with Crippen molar-refractivity contribution in [1.82, 2.24) is 15.2 Å². The summed E-state index contributed by atoms with van der Waals surface area (Å²) in [6.07, 6.45) is -4.43. The molecule has 0 bridgehead atoms. The van der Waals surface area contributed by atoms with Gasteiger partial charge in [-0.1, -0.05) is 12.1 Å². The maximum absolute atomic E-state index is 12.6. The summed E-state index contributed by atoms with van der Waals surface area (Å²) in [5.74, 6) is -0.176. The molecule has 0 unspecified atom stereocenters. The van der Waals surface area contributed by atoms with Crippen LogP contribution in [0.3, 0.4) is 0 Å². The fraction of sp³-hybridized carbons (Fsp3) is 0.0667. The third-order valence-electron chi connectivity index (χ3n) is 3.40. The Kier molecular flexibility index (Phi) is 3.87. The highest BCUT2D eigenvalue weighted by atomic mass is 19.4. The van der Waals surface area contributed by atoms with Gasteiger partial charge in [0.2, 0.25) is 0 Å². The summed E-state index contributed by atoms with van der Waals surface area (Å²) in [5.41, 5.74) is -0.637. The molecule has 1 heterocycles. The van der Waals surface area contributed by atoms with Crippen LogP contribution in [0.1, 0.15) is 5.56 Å². The highest BCUT2D eigenvalue weighted by molar-refractivity contribution is 5.65. The Bertz CT molecular complexity index is 936. The number of nitrogens with one attached hydrogen (secondary N) is 1. The lowest BCUT2D eigenvalue weighted by molar-refractivity contribution is -0.385. The lowest BCUT2D eigenvalue weighted by Gasteiger charge is -2.06. The summed E-state index contributed by atoms with van der Waals surface area (Å²) < 4.78 is 37.7. The van der Waals surface area contributed by atoms with Crippen LogP contribution in [0.2, 0.25) is 0 Å². The van der Waals surface area contributed by atoms with Crippen LogP contribution in [0.15, 0.2) is 42.5 Å². The van der Waals surface area contributed by atoms with Crippen molar-refractivity contribution >= 4 is 5.69 Å². The van der Waals surface area contributed by atoms with Gasteiger partial charge in [0.25, 0.3) is 0 Å². The number of hydrogen-bond donors (Lipinski definition) is 2. The molecule has 1 aromatic heterocycles. The number of aromatic hydroxyl groups is 1. The number of rotatable bonds is 3. The van der Waals surface area contributed by atoms with Gasteiger partial charge in [-0.15, -0.1) is 0 Å². The molecule has 0 amide bonds. The zero-order valence-corrected chi connectivity index (χ0v) is 12.3. The molecular weight excluding hydrogens is 341 g/mol. The third-order valence-corrected chi connectivity index (χ3v) is 3.40. The predicted octanol–water partition coefficient (Wildman–Crippen LogP) is 3.77. The molecule has 0 saturated heterocycles. The minimum atomic E-state index is -4.43. The SMILES string of the molecule is O=[N+]([O-])c1cc(-c2n[nH]c(-c3ccc(C(F)(F)F)cc3)n2)ccc1O. The highest BCUT2D eigenvalue weighted by Crippen LogP contribution is 2.32. The number of aromatic nitrogens is 3. The van der Waals surface area contributed by atoms with Crippen LogP contribution in [0.5, 0.6) is 5.75 Å². The van der Waals surface area contributed by atoms with Crippen LogP contribution < -0.4 is 0 Å². The van der Waals surface area contributed by atoms with Crippen LogP contribution in [0.25, 0.3) is 22.8 Å². The maximum atomic E-state index is 12.6. The van der Waals surface area contributed by atoms with E-state index < -0.39 is 28.1 Å². The Hall–Kier alpha value is -3.43. The van der Waals surface area contributed by atoms with Crippen molar-refractivity contribution in [3.05, 3.63) is 58.1 Å². The van der Waals surface area contributed by atoms with Crippen LogP contribution in [0, 0.1) is 10.1 Å². The molecule has 7 nitrogen and oxygen atoms in total. The number of nitro benzene ring substituents is 1. The lowest BCUT2D eigenvalue weighted by atomic mass is 10.1. The summed E-state index contributed by atoms with van der Waals surface area (Å²) in [7, 11) is 0. The van der Waals surface area contributed by atoms with Crippen molar-refractivity contribution in [1.29, 1.82) is 0 Å². The number of nitro groups is 1. The molecule has 0 aliphatic carbocycles. The lowest BCUT2D eigenvalue weighted by Crippen LogP contribution is -2.04. The number of benzene rings is 2. The Labute approximate surface area is 137 Å². The number of hydrogen-bond acceptors (Lipinski definition) is 5. The summed E-state index contributed by atoms with van der Waals surface area (Å²) in [5, 5.41) is 26.8. The molecule has 10 heteroatoms. The van der Waals surface area contributed by atoms with Crippen molar-refractivity contribution in [2.45, 2.75) is 6.18 Å². The van der Waals surface area contributed by atoms with E-state index in [0.29, 0.717) is 5.56 Å². The minimum Gasteiger partial charge on any atom is -0.502 e. The van der Waals surface area contributed by atoms with E-state index in [0.717, 1.165) is 24.3 Å². The number of phenolic OH excluding ortho intramolecular Hbond substituents is 1. The van der Waals surface area contributed by atoms with Gasteiger partial charge >= 0.3 is 11.9 Å². The first-order valence-electron chi connectivity index (χ1n) is 6.83. The normalized spacial score (nSPS) is 11.5. The first-order chi connectivity index (χ1) is 11.8. The summed E-state index contributed by atoms with van der Waals surface area (Å²) in [4.78, 5) is 14.2. The number of alkyl halides is 3. The van der Waals surface area contributed by atoms with Gasteiger partial charge in [-0.3, -0.25) is 15.2 Å². The van der Waals surface area contributed by atoms with Gasteiger partial charge in [-0.05, 0) is 24.3 Å². The Morgan fingerprint density at radius 2 is 1.72 bits per heavy atom. The molecule has 2 aromatic carbocycles. The van der Waals surface area contributed by atoms with Gasteiger partial charge in [-0.25, -0.2) is 4.98 Å². The molecule has 25 heavy (non-hydrogen) atoms. The van der Waals surface area contributed by atoms with E-state index in [9.17, 15) is 28.4 Å². The first kappa shape index (κ1) is 16.4. The minimum absolute atomic E-state index is 0.109. The largest absolute Gasteiger partial charge is 0.502 e. The van der Waals surface area contributed by atoms with E-state index >= 15 is 0 Å². The Morgan fingerprint density at radius 3 is 2.32 bits per heavy atom. The second-order valence-corrected chi connectivity index (χ2v) is 5.04. The molecule has 2 N–H and O–H groups in total. The fourth-order valence-corrected chi connectivity index (χ4v) is 2.15. The number of halogens is 3. The average Bonchev–Trinajstić information content (AvgIpc) is 3.04. The maximum Gasteiger partial charge on any atom is 0.416 e. The molecule has 0 aliphatic rings. The van der Waals surface area contributed by atoms with Crippen molar-refractivity contribution < 1.29 is 23.2 Å². The molecule has 0 fully saturated rings. The van der Waals surface area contributed by atoms with E-state index in [-0.39, 0.29) is 17.2 Å². The van der Waals surface area contributed by atoms with E-state index in [4.69, 9.17) is 0 Å². The van der Waals surface area contributed by atoms with Crippen LogP contribution >= 0.6 is 0 Å². The van der Waals surface area contributed by atoms with Gasteiger partial charge in [0, 0.05) is 17.2 Å². The van der Waals surface area contributed by atoms with Crippen LogP contribution in [-0.4, -0.2) is 25.2 Å². The van der Waals surface area contributed by atoms with Crippen molar-refractivity contribution in [2.75, 3.05) is 0 Å². The first-order valence-corrected chi connectivity index (χ1v) is 6.83. The summed E-state index contributed by atoms with van der Waals surface area (Å²) in [6.45, 7) is 0. The monoisotopic (exact) mass is 350 g/mol. The fourth-order valence-electron chi connectivity index (χ4n) is 2.15. The molecule has 3 aromatic rings. The van der Waals surface area contributed by atoms with Gasteiger partial charge in [-0.2, -0.15) is 18.3 Å². The highest BCUT2D eigenvalue weighted by Gasteiger charge is 2.30. The van der Waals surface area contributed by atoms with Crippen molar-refractivity contribution in [3.8, 4) is 28.5 Å². The quantitative estimate of drug-likeness (QED) is 0.552. The van der Waals surface area contributed by atoms with Gasteiger partial charge in [0.05, 0.1) is 10.5 Å².